The molecule has 1 heterocycles. The Hall–Kier alpha value is -2.29. The Kier molecular flexibility index (Phi) is 4.75. The molecule has 0 unspecified atom stereocenters. The summed E-state index contributed by atoms with van der Waals surface area (Å²) < 4.78 is 42.7. The second-order valence-corrected chi connectivity index (χ2v) is 6.95. The van der Waals surface area contributed by atoms with E-state index in [9.17, 15) is 18.0 Å². The number of hydrogen-bond acceptors (Lipinski definition) is 5. The Morgan fingerprint density at radius 1 is 1.33 bits per heavy atom. The van der Waals surface area contributed by atoms with Gasteiger partial charge in [0.15, 0.2) is 0 Å². The number of aliphatic hydroxyl groups is 1. The number of rotatable bonds is 2. The molecule has 1 amide bonds. The first-order valence-electron chi connectivity index (χ1n) is 6.82. The molecule has 130 valence electrons. The van der Waals surface area contributed by atoms with Gasteiger partial charge in [0.05, 0.1) is 10.2 Å². The fourth-order valence-corrected chi connectivity index (χ4v) is 2.65. The van der Waals surface area contributed by atoms with Gasteiger partial charge in [-0.15, -0.1) is 11.3 Å². The van der Waals surface area contributed by atoms with E-state index >= 15 is 0 Å². The number of nitrogens with one attached hydrogen (secondary N) is 1. The minimum atomic E-state index is -4.82. The highest BCUT2D eigenvalue weighted by molar-refractivity contribution is 7.19. The largest absolute Gasteiger partial charge is 0.504 e. The van der Waals surface area contributed by atoms with Gasteiger partial charge in [0.25, 0.3) is 0 Å². The number of carbonyl (C=O) groups is 1. The lowest BCUT2D eigenvalue weighted by molar-refractivity contribution is -0.119. The lowest BCUT2D eigenvalue weighted by Gasteiger charge is -2.19. The van der Waals surface area contributed by atoms with Crippen LogP contribution in [0.5, 0.6) is 0 Å². The average molecular weight is 360 g/mol. The fourth-order valence-electron chi connectivity index (χ4n) is 1.70. The molecule has 0 radical (unpaired) electrons. The van der Waals surface area contributed by atoms with Gasteiger partial charge < -0.3 is 9.84 Å². The molecule has 0 bridgehead atoms. The quantitative estimate of drug-likeness (QED) is 0.731. The number of aliphatic hydroxyl groups excluding tert-OH is 1. The van der Waals surface area contributed by atoms with Crippen molar-refractivity contribution in [1.82, 2.24) is 4.98 Å². The van der Waals surface area contributed by atoms with Crippen LogP contribution in [0.4, 0.5) is 23.7 Å². The maximum atomic E-state index is 12.3. The molecule has 2 aromatic rings. The van der Waals surface area contributed by atoms with Crippen molar-refractivity contribution in [2.24, 2.45) is 0 Å². The summed E-state index contributed by atoms with van der Waals surface area (Å²) in [5, 5.41) is 11.5. The van der Waals surface area contributed by atoms with Gasteiger partial charge in [-0.1, -0.05) is 0 Å². The van der Waals surface area contributed by atoms with Gasteiger partial charge in [-0.25, -0.2) is 9.78 Å². The van der Waals surface area contributed by atoms with Crippen LogP contribution in [0.3, 0.4) is 0 Å². The number of alkyl halides is 3. The summed E-state index contributed by atoms with van der Waals surface area (Å²) >= 11 is 0.956. The number of benzene rings is 1. The highest BCUT2D eigenvalue weighted by Crippen LogP contribution is 2.30. The van der Waals surface area contributed by atoms with E-state index < -0.39 is 23.6 Å². The number of halogens is 3. The predicted octanol–water partition coefficient (Wildman–Crippen LogP) is 5.10. The zero-order chi connectivity index (χ0) is 18.1. The molecule has 0 spiro atoms. The molecular weight excluding hydrogens is 345 g/mol. The molecule has 0 saturated carbocycles. The van der Waals surface area contributed by atoms with Gasteiger partial charge in [-0.05, 0) is 39.0 Å². The van der Waals surface area contributed by atoms with E-state index in [0.717, 1.165) is 11.3 Å². The molecule has 0 atom stereocenters. The van der Waals surface area contributed by atoms with Crippen molar-refractivity contribution in [3.8, 4) is 0 Å². The van der Waals surface area contributed by atoms with Gasteiger partial charge in [-0.3, -0.25) is 5.32 Å². The maximum Gasteiger partial charge on any atom is 0.448 e. The third-order valence-electron chi connectivity index (χ3n) is 2.60. The molecule has 0 saturated heterocycles. The Bertz CT molecular complexity index is 791. The zero-order valence-corrected chi connectivity index (χ0v) is 13.9. The number of nitrogens with zero attached hydrogens (tertiary/aromatic N) is 1. The monoisotopic (exact) mass is 360 g/mol. The van der Waals surface area contributed by atoms with E-state index in [4.69, 9.17) is 9.84 Å². The van der Waals surface area contributed by atoms with Crippen molar-refractivity contribution in [1.29, 1.82) is 0 Å². The Labute approximate surface area is 139 Å². The minimum Gasteiger partial charge on any atom is -0.504 e. The third-order valence-corrected chi connectivity index (χ3v) is 3.57. The number of amides is 1. The summed E-state index contributed by atoms with van der Waals surface area (Å²) in [5.41, 5.74) is 0.234. The normalized spacial score (nSPS) is 13.2. The van der Waals surface area contributed by atoms with E-state index in [1.54, 1.807) is 39.0 Å². The Morgan fingerprint density at radius 2 is 2.00 bits per heavy atom. The summed E-state index contributed by atoms with van der Waals surface area (Å²) in [4.78, 5) is 15.7. The number of carbonyl (C=O) groups excluding carboxylic acids is 1. The molecule has 2 N–H and O–H groups in total. The molecule has 0 fully saturated rings. The van der Waals surface area contributed by atoms with Crippen LogP contribution in [-0.4, -0.2) is 28.0 Å². The first kappa shape index (κ1) is 18.1. The second-order valence-electron chi connectivity index (χ2n) is 5.89. The number of ether oxygens (including phenoxy) is 1. The molecular formula is C15H15F3N2O3S. The molecule has 1 aromatic heterocycles. The fraction of sp³-hybridized carbons (Fsp3) is 0.333. The van der Waals surface area contributed by atoms with Crippen LogP contribution >= 0.6 is 11.3 Å². The van der Waals surface area contributed by atoms with Crippen molar-refractivity contribution in [2.45, 2.75) is 32.5 Å². The van der Waals surface area contributed by atoms with E-state index in [1.165, 1.54) is 0 Å². The molecule has 5 nitrogen and oxygen atoms in total. The van der Waals surface area contributed by atoms with Crippen LogP contribution in [0.2, 0.25) is 0 Å². The first-order valence-corrected chi connectivity index (χ1v) is 7.64. The van der Waals surface area contributed by atoms with E-state index in [1.807, 2.05) is 0 Å². The van der Waals surface area contributed by atoms with Gasteiger partial charge in [0, 0.05) is 11.8 Å². The van der Waals surface area contributed by atoms with Crippen LogP contribution in [0, 0.1) is 0 Å². The van der Waals surface area contributed by atoms with Crippen LogP contribution in [0.25, 0.3) is 16.3 Å². The topological polar surface area (TPSA) is 71.5 Å². The molecule has 9 heteroatoms. The van der Waals surface area contributed by atoms with E-state index in [0.29, 0.717) is 22.0 Å². The maximum absolute atomic E-state index is 12.3. The molecule has 0 aliphatic rings. The summed E-state index contributed by atoms with van der Waals surface area (Å²) in [6, 6.07) is 4.68. The van der Waals surface area contributed by atoms with Gasteiger partial charge in [0.1, 0.15) is 10.6 Å². The van der Waals surface area contributed by atoms with Crippen LogP contribution in [0.1, 0.15) is 25.8 Å². The van der Waals surface area contributed by atoms with Crippen LogP contribution < -0.4 is 5.32 Å². The SMILES string of the molecule is CC(C)(C)OC(=O)Nc1ccc2nc(C=C(O)C(F)(F)F)sc2c1. The standard InChI is InChI=1S/C15H15F3N2O3S/c1-14(2,3)23-13(22)19-8-4-5-9-10(6-8)24-12(20-9)7-11(21)15(16,17)18/h4-7,21H,1-3H3,(H,19,22). The number of fused-ring (bicyclic) bond motifs is 1. The molecule has 1 aromatic carbocycles. The van der Waals surface area contributed by atoms with Gasteiger partial charge in [-0.2, -0.15) is 13.2 Å². The van der Waals surface area contributed by atoms with Crippen molar-refractivity contribution < 1.29 is 27.8 Å². The van der Waals surface area contributed by atoms with Crippen LogP contribution in [0.15, 0.2) is 24.0 Å². The highest BCUT2D eigenvalue weighted by atomic mass is 32.1. The Balaban J connectivity index is 2.22. The lowest BCUT2D eigenvalue weighted by Crippen LogP contribution is -2.27. The molecule has 0 aliphatic heterocycles. The van der Waals surface area contributed by atoms with Gasteiger partial charge in [0.2, 0.25) is 5.76 Å². The number of allylic oxidation sites excluding steroid dienone is 1. The van der Waals surface area contributed by atoms with E-state index in [-0.39, 0.29) is 5.01 Å². The number of thiazole rings is 1. The number of anilines is 1. The predicted molar refractivity (Wildman–Crippen MR) is 86.1 cm³/mol. The number of aromatic nitrogens is 1. The van der Waals surface area contributed by atoms with Gasteiger partial charge >= 0.3 is 12.3 Å². The summed E-state index contributed by atoms with van der Waals surface area (Å²) in [7, 11) is 0. The first-order chi connectivity index (χ1) is 10.9. The Morgan fingerprint density at radius 3 is 2.58 bits per heavy atom. The minimum absolute atomic E-state index is 0.00856. The van der Waals surface area contributed by atoms with Crippen molar-refractivity contribution in [3.63, 3.8) is 0 Å². The second kappa shape index (κ2) is 6.31. The summed E-state index contributed by atoms with van der Waals surface area (Å²) in [6.45, 7) is 5.18. The molecule has 2 rings (SSSR count). The zero-order valence-electron chi connectivity index (χ0n) is 13.1. The van der Waals surface area contributed by atoms with Crippen molar-refractivity contribution in [2.75, 3.05) is 5.32 Å². The highest BCUT2D eigenvalue weighted by Gasteiger charge is 2.34. The number of hydrogen-bond donors (Lipinski definition) is 2. The molecule has 24 heavy (non-hydrogen) atoms. The van der Waals surface area contributed by atoms with Crippen molar-refractivity contribution in [3.05, 3.63) is 29.0 Å². The molecule has 0 aliphatic carbocycles. The lowest BCUT2D eigenvalue weighted by atomic mass is 10.2. The smallest absolute Gasteiger partial charge is 0.448 e. The van der Waals surface area contributed by atoms with Crippen molar-refractivity contribution >= 4 is 39.4 Å². The van der Waals surface area contributed by atoms with Crippen LogP contribution in [-0.2, 0) is 4.74 Å². The summed E-state index contributed by atoms with van der Waals surface area (Å²) in [6.07, 6.45) is -4.89. The average Bonchev–Trinajstić information content (AvgIpc) is 2.76. The summed E-state index contributed by atoms with van der Waals surface area (Å²) in [5.74, 6) is -1.71. The van der Waals surface area contributed by atoms with E-state index in [2.05, 4.69) is 10.3 Å². The third kappa shape index (κ3) is 4.85.